The van der Waals surface area contributed by atoms with E-state index in [1.54, 1.807) is 29.6 Å². The van der Waals surface area contributed by atoms with Gasteiger partial charge in [-0.25, -0.2) is 0 Å². The summed E-state index contributed by atoms with van der Waals surface area (Å²) in [4.78, 5) is 35.2. The van der Waals surface area contributed by atoms with Crippen LogP contribution in [-0.4, -0.2) is 30.9 Å². The van der Waals surface area contributed by atoms with Crippen LogP contribution < -0.4 is 20.9 Å². The Balaban J connectivity index is 1.51. The summed E-state index contributed by atoms with van der Waals surface area (Å²) in [6, 6.07) is 6.64. The van der Waals surface area contributed by atoms with E-state index in [-0.39, 0.29) is 30.6 Å². The van der Waals surface area contributed by atoms with Gasteiger partial charge in [-0.2, -0.15) is 11.3 Å². The molecule has 29 heavy (non-hydrogen) atoms. The third-order valence-electron chi connectivity index (χ3n) is 3.69. The molecule has 0 atom stereocenters. The lowest BCUT2D eigenvalue weighted by atomic mass is 10.2. The quantitative estimate of drug-likeness (QED) is 0.375. The number of hydrogen-bond donors (Lipinski definition) is 3. The van der Waals surface area contributed by atoms with Crippen molar-refractivity contribution in [3.63, 3.8) is 0 Å². The number of hydrogen-bond acceptors (Lipinski definition) is 5. The van der Waals surface area contributed by atoms with Crippen molar-refractivity contribution in [2.45, 2.75) is 25.7 Å². The van der Waals surface area contributed by atoms with Gasteiger partial charge in [0.1, 0.15) is 5.75 Å². The summed E-state index contributed by atoms with van der Waals surface area (Å²) in [5.41, 5.74) is 5.30. The molecule has 156 valence electrons. The fourth-order valence-electron chi connectivity index (χ4n) is 2.22. The number of halogens is 2. The fraction of sp³-hybridized carbons (Fsp3) is 0.316. The minimum Gasteiger partial charge on any atom is -0.492 e. The molecule has 2 aromatic rings. The van der Waals surface area contributed by atoms with E-state index in [2.05, 4.69) is 16.2 Å². The number of amides is 3. The summed E-state index contributed by atoms with van der Waals surface area (Å²) < 4.78 is 5.49. The molecular formula is C19H21Cl2N3O4S. The number of thiophene rings is 1. The van der Waals surface area contributed by atoms with Gasteiger partial charge in [-0.05, 0) is 42.5 Å². The molecule has 1 aromatic heterocycles. The predicted molar refractivity (Wildman–Crippen MR) is 113 cm³/mol. The topological polar surface area (TPSA) is 96.5 Å². The molecule has 0 unspecified atom stereocenters. The van der Waals surface area contributed by atoms with Crippen LogP contribution in [0, 0.1) is 0 Å². The largest absolute Gasteiger partial charge is 0.492 e. The van der Waals surface area contributed by atoms with Gasteiger partial charge in [0.25, 0.3) is 5.91 Å². The molecule has 0 radical (unpaired) electrons. The van der Waals surface area contributed by atoms with Gasteiger partial charge >= 0.3 is 0 Å². The Morgan fingerprint density at radius 2 is 1.72 bits per heavy atom. The molecule has 0 saturated carbocycles. The second kappa shape index (κ2) is 12.3. The molecule has 0 saturated heterocycles. The van der Waals surface area contributed by atoms with Crippen LogP contribution in [0.25, 0.3) is 0 Å². The van der Waals surface area contributed by atoms with Crippen LogP contribution in [0.3, 0.4) is 0 Å². The first-order valence-corrected chi connectivity index (χ1v) is 10.6. The van der Waals surface area contributed by atoms with Gasteiger partial charge in [0, 0.05) is 35.4 Å². The van der Waals surface area contributed by atoms with Crippen LogP contribution in [0.15, 0.2) is 35.0 Å². The summed E-state index contributed by atoms with van der Waals surface area (Å²) in [7, 11) is 0. The molecule has 0 fully saturated rings. The number of carbonyl (C=O) groups is 3. The summed E-state index contributed by atoms with van der Waals surface area (Å²) in [6.07, 6.45) is 1.28. The molecule has 0 bridgehead atoms. The average molecular weight is 458 g/mol. The van der Waals surface area contributed by atoms with Crippen molar-refractivity contribution in [1.82, 2.24) is 16.2 Å². The summed E-state index contributed by atoms with van der Waals surface area (Å²) >= 11 is 13.2. The molecule has 3 N–H and O–H groups in total. The van der Waals surface area contributed by atoms with Gasteiger partial charge < -0.3 is 10.1 Å². The van der Waals surface area contributed by atoms with Crippen molar-refractivity contribution >= 4 is 52.3 Å². The van der Waals surface area contributed by atoms with E-state index in [0.717, 1.165) is 0 Å². The molecule has 0 spiro atoms. The van der Waals surface area contributed by atoms with E-state index in [9.17, 15) is 14.4 Å². The fourth-order valence-corrected chi connectivity index (χ4v) is 3.32. The Morgan fingerprint density at radius 1 is 1.00 bits per heavy atom. The van der Waals surface area contributed by atoms with Crippen molar-refractivity contribution in [2.24, 2.45) is 0 Å². The second-order valence-corrected chi connectivity index (χ2v) is 7.62. The van der Waals surface area contributed by atoms with Crippen molar-refractivity contribution in [3.05, 3.63) is 50.6 Å². The molecule has 0 aliphatic heterocycles. The zero-order valence-corrected chi connectivity index (χ0v) is 17.8. The molecule has 2 rings (SSSR count). The molecule has 0 aliphatic carbocycles. The minimum absolute atomic E-state index is 0.165. The first kappa shape index (κ1) is 23.0. The number of benzene rings is 1. The van der Waals surface area contributed by atoms with E-state index in [1.165, 1.54) is 11.3 Å². The van der Waals surface area contributed by atoms with Crippen LogP contribution in [0.4, 0.5) is 0 Å². The molecule has 7 nitrogen and oxygen atoms in total. The van der Waals surface area contributed by atoms with Crippen LogP contribution in [0.2, 0.25) is 10.0 Å². The van der Waals surface area contributed by atoms with Crippen LogP contribution in [-0.2, 0) is 9.59 Å². The maximum Gasteiger partial charge on any atom is 0.252 e. The maximum atomic E-state index is 11.7. The molecule has 10 heteroatoms. The van der Waals surface area contributed by atoms with E-state index in [4.69, 9.17) is 27.9 Å². The summed E-state index contributed by atoms with van der Waals surface area (Å²) in [5.74, 6) is -0.319. The maximum absolute atomic E-state index is 11.7. The Labute approximate surface area is 182 Å². The first-order chi connectivity index (χ1) is 14.0. The number of nitrogens with one attached hydrogen (secondary N) is 3. The number of carbonyl (C=O) groups excluding carboxylic acids is 3. The van der Waals surface area contributed by atoms with Crippen LogP contribution >= 0.6 is 34.5 Å². The second-order valence-electron chi connectivity index (χ2n) is 5.99. The molecule has 3 amide bonds. The van der Waals surface area contributed by atoms with Crippen LogP contribution in [0.1, 0.15) is 36.0 Å². The molecular weight excluding hydrogens is 437 g/mol. The third kappa shape index (κ3) is 8.72. The number of ether oxygens (including phenoxy) is 1. The lowest BCUT2D eigenvalue weighted by molar-refractivity contribution is -0.129. The number of rotatable bonds is 10. The minimum atomic E-state index is -0.327. The Hall–Kier alpha value is -2.29. The Bertz CT molecular complexity index is 831. The molecule has 1 aromatic carbocycles. The lowest BCUT2D eigenvalue weighted by Gasteiger charge is -2.09. The van der Waals surface area contributed by atoms with Crippen molar-refractivity contribution < 1.29 is 19.1 Å². The Kier molecular flexibility index (Phi) is 9.76. The van der Waals surface area contributed by atoms with Crippen molar-refractivity contribution in [3.8, 4) is 5.75 Å². The van der Waals surface area contributed by atoms with E-state index >= 15 is 0 Å². The monoisotopic (exact) mass is 457 g/mol. The van der Waals surface area contributed by atoms with Crippen LogP contribution in [0.5, 0.6) is 5.75 Å². The van der Waals surface area contributed by atoms with Gasteiger partial charge in [-0.15, -0.1) is 0 Å². The zero-order valence-electron chi connectivity index (χ0n) is 15.5. The SMILES string of the molecule is O=C(CCCNC(=O)c1ccsc1)NNC(=O)CCCOc1ccc(Cl)cc1Cl. The van der Waals surface area contributed by atoms with E-state index < -0.39 is 0 Å². The lowest BCUT2D eigenvalue weighted by Crippen LogP contribution is -2.41. The van der Waals surface area contributed by atoms with Gasteiger partial charge in [-0.3, -0.25) is 25.2 Å². The van der Waals surface area contributed by atoms with Gasteiger partial charge in [-0.1, -0.05) is 23.2 Å². The smallest absolute Gasteiger partial charge is 0.252 e. The van der Waals surface area contributed by atoms with Gasteiger partial charge in [0.05, 0.1) is 11.6 Å². The van der Waals surface area contributed by atoms with E-state index in [0.29, 0.717) is 47.4 Å². The highest BCUT2D eigenvalue weighted by Gasteiger charge is 2.08. The van der Waals surface area contributed by atoms with Crippen molar-refractivity contribution in [2.75, 3.05) is 13.2 Å². The highest BCUT2D eigenvalue weighted by molar-refractivity contribution is 7.08. The van der Waals surface area contributed by atoms with Crippen molar-refractivity contribution in [1.29, 1.82) is 0 Å². The summed E-state index contributed by atoms with van der Waals surface area (Å²) in [5, 5.41) is 7.23. The Morgan fingerprint density at radius 3 is 2.38 bits per heavy atom. The number of hydrazine groups is 1. The third-order valence-corrected chi connectivity index (χ3v) is 4.90. The standard InChI is InChI=1S/C19H21Cl2N3O4S/c20-14-5-6-16(15(21)11-14)28-9-2-4-18(26)24-23-17(25)3-1-8-22-19(27)13-7-10-29-12-13/h5-7,10-12H,1-4,8-9H2,(H,22,27)(H,23,25)(H,24,26). The normalized spacial score (nSPS) is 10.3. The van der Waals surface area contributed by atoms with E-state index in [1.807, 2.05) is 5.38 Å². The highest BCUT2D eigenvalue weighted by Crippen LogP contribution is 2.27. The molecule has 1 heterocycles. The zero-order chi connectivity index (χ0) is 21.1. The summed E-state index contributed by atoms with van der Waals surface area (Å²) in [6.45, 7) is 0.674. The molecule has 0 aliphatic rings. The first-order valence-electron chi connectivity index (χ1n) is 8.91. The van der Waals surface area contributed by atoms with Gasteiger partial charge in [0.15, 0.2) is 0 Å². The predicted octanol–water partition coefficient (Wildman–Crippen LogP) is 3.57. The average Bonchev–Trinajstić information content (AvgIpc) is 3.23. The highest BCUT2D eigenvalue weighted by atomic mass is 35.5. The van der Waals surface area contributed by atoms with Gasteiger partial charge in [0.2, 0.25) is 11.8 Å².